The molecule has 1 aliphatic carbocycles. The Labute approximate surface area is 286 Å². The fourth-order valence-electron chi connectivity index (χ4n) is 5.11. The summed E-state index contributed by atoms with van der Waals surface area (Å²) in [5.74, 6) is -1.55. The van der Waals surface area contributed by atoms with Crippen molar-refractivity contribution in [1.29, 1.82) is 0 Å². The summed E-state index contributed by atoms with van der Waals surface area (Å²) in [6.45, 7) is 2.03. The predicted molar refractivity (Wildman–Crippen MR) is 189 cm³/mol. The number of thiophene rings is 1. The van der Waals surface area contributed by atoms with Crippen molar-refractivity contribution in [2.45, 2.75) is 43.9 Å². The van der Waals surface area contributed by atoms with E-state index in [1.165, 1.54) is 29.2 Å². The number of hydrogen-bond acceptors (Lipinski definition) is 7. The van der Waals surface area contributed by atoms with E-state index in [0.717, 1.165) is 47.4 Å². The monoisotopic (exact) mass is 687 g/mol. The van der Waals surface area contributed by atoms with Gasteiger partial charge in [0.1, 0.15) is 10.7 Å². The first-order valence-electron chi connectivity index (χ1n) is 15.3. The Morgan fingerprint density at radius 2 is 1.68 bits per heavy atom. The van der Waals surface area contributed by atoms with Crippen LogP contribution >= 0.6 is 34.7 Å². The van der Waals surface area contributed by atoms with Gasteiger partial charge in [0, 0.05) is 26.0 Å². The van der Waals surface area contributed by atoms with Crippen LogP contribution in [0.2, 0.25) is 5.02 Å². The van der Waals surface area contributed by atoms with Crippen LogP contribution in [0.5, 0.6) is 0 Å². The number of thioether (sulfide) groups is 1. The van der Waals surface area contributed by atoms with Gasteiger partial charge >= 0.3 is 5.97 Å². The quantitative estimate of drug-likeness (QED) is 0.0638. The molecule has 0 saturated carbocycles. The predicted octanol–water partition coefficient (Wildman–Crippen LogP) is 7.99. The molecular weight excluding hydrogens is 654 g/mol. The van der Waals surface area contributed by atoms with E-state index in [2.05, 4.69) is 16.0 Å². The number of fused-ring (bicyclic) bond motifs is 1. The number of amides is 3. The van der Waals surface area contributed by atoms with Crippen molar-refractivity contribution in [3.8, 4) is 0 Å². The first-order valence-corrected chi connectivity index (χ1v) is 17.5. The summed E-state index contributed by atoms with van der Waals surface area (Å²) in [4.78, 5) is 54.2. The SMILES string of the molecule is CCOC(=O)c1c(NC(=O)CSc2cccc(NC(=O)/C(=C\c3ccccc3Cl)NC(=O)c3ccccc3)c2)sc2c1CCCCC2. The molecule has 8 nitrogen and oxygen atoms in total. The average molecular weight is 688 g/mol. The Bertz CT molecular complexity index is 1810. The van der Waals surface area contributed by atoms with E-state index < -0.39 is 17.8 Å². The lowest BCUT2D eigenvalue weighted by atomic mass is 10.1. The first-order chi connectivity index (χ1) is 22.8. The highest BCUT2D eigenvalue weighted by molar-refractivity contribution is 8.00. The van der Waals surface area contributed by atoms with Crippen molar-refractivity contribution in [3.63, 3.8) is 0 Å². The first kappa shape index (κ1) is 34.0. The minimum atomic E-state index is -0.543. The maximum atomic E-state index is 13.5. The average Bonchev–Trinajstić information content (AvgIpc) is 3.24. The van der Waals surface area contributed by atoms with E-state index in [1.807, 2.05) is 6.07 Å². The number of ether oxygens (including phenoxy) is 1. The van der Waals surface area contributed by atoms with Gasteiger partial charge in [0.15, 0.2) is 0 Å². The second-order valence-electron chi connectivity index (χ2n) is 10.7. The molecule has 4 aromatic rings. The Balaban J connectivity index is 1.27. The lowest BCUT2D eigenvalue weighted by Gasteiger charge is -2.12. The molecule has 0 radical (unpaired) electrons. The number of benzene rings is 3. The third-order valence-corrected chi connectivity index (χ3v) is 9.89. The smallest absolute Gasteiger partial charge is 0.341 e. The number of rotatable bonds is 11. The molecule has 47 heavy (non-hydrogen) atoms. The van der Waals surface area contributed by atoms with E-state index in [4.69, 9.17) is 16.3 Å². The fraction of sp³-hybridized carbons (Fsp3) is 0.222. The lowest BCUT2D eigenvalue weighted by molar-refractivity contribution is -0.114. The van der Waals surface area contributed by atoms with Gasteiger partial charge in [-0.2, -0.15) is 0 Å². The van der Waals surface area contributed by atoms with Crippen LogP contribution in [0.15, 0.2) is 89.5 Å². The van der Waals surface area contributed by atoms with E-state index in [9.17, 15) is 19.2 Å². The number of anilines is 2. The number of carbonyl (C=O) groups excluding carboxylic acids is 4. The number of esters is 1. The summed E-state index contributed by atoms with van der Waals surface area (Å²) in [7, 11) is 0. The largest absolute Gasteiger partial charge is 0.462 e. The summed E-state index contributed by atoms with van der Waals surface area (Å²) < 4.78 is 5.33. The molecule has 0 bridgehead atoms. The molecule has 11 heteroatoms. The van der Waals surface area contributed by atoms with E-state index in [0.29, 0.717) is 32.4 Å². The highest BCUT2D eigenvalue weighted by Crippen LogP contribution is 2.38. The Kier molecular flexibility index (Phi) is 11.9. The summed E-state index contributed by atoms with van der Waals surface area (Å²) in [5.41, 5.74) is 2.94. The van der Waals surface area contributed by atoms with Crippen LogP contribution in [-0.2, 0) is 27.2 Å². The maximum absolute atomic E-state index is 13.5. The van der Waals surface area contributed by atoms with Crippen molar-refractivity contribution in [2.24, 2.45) is 0 Å². The van der Waals surface area contributed by atoms with Crippen LogP contribution in [0.4, 0.5) is 10.7 Å². The summed E-state index contributed by atoms with van der Waals surface area (Å²) in [5, 5.41) is 9.47. The van der Waals surface area contributed by atoms with E-state index in [1.54, 1.807) is 79.7 Å². The van der Waals surface area contributed by atoms with Crippen LogP contribution < -0.4 is 16.0 Å². The van der Waals surface area contributed by atoms with Crippen molar-refractivity contribution >= 4 is 75.2 Å². The van der Waals surface area contributed by atoms with Gasteiger partial charge in [-0.05, 0) is 86.2 Å². The molecule has 0 fully saturated rings. The van der Waals surface area contributed by atoms with Crippen LogP contribution in [0, 0.1) is 0 Å². The molecule has 1 aromatic heterocycles. The van der Waals surface area contributed by atoms with Gasteiger partial charge in [0.05, 0.1) is 17.9 Å². The van der Waals surface area contributed by atoms with Crippen LogP contribution in [0.3, 0.4) is 0 Å². The zero-order valence-corrected chi connectivity index (χ0v) is 28.2. The summed E-state index contributed by atoms with van der Waals surface area (Å²) in [6, 6.07) is 22.7. The molecule has 1 aliphatic rings. The minimum absolute atomic E-state index is 0.0103. The molecule has 0 saturated heterocycles. The van der Waals surface area contributed by atoms with Gasteiger partial charge in [0.25, 0.3) is 11.8 Å². The maximum Gasteiger partial charge on any atom is 0.341 e. The Morgan fingerprint density at radius 3 is 2.47 bits per heavy atom. The normalized spacial score (nSPS) is 12.8. The summed E-state index contributed by atoms with van der Waals surface area (Å²) >= 11 is 9.10. The number of aryl methyl sites for hydroxylation is 1. The molecule has 5 rings (SSSR count). The van der Waals surface area contributed by atoms with E-state index >= 15 is 0 Å². The van der Waals surface area contributed by atoms with Gasteiger partial charge in [-0.1, -0.05) is 60.5 Å². The van der Waals surface area contributed by atoms with Crippen molar-refractivity contribution < 1.29 is 23.9 Å². The molecule has 242 valence electrons. The third kappa shape index (κ3) is 9.12. The number of hydrogen-bond donors (Lipinski definition) is 3. The molecule has 3 N–H and O–H groups in total. The van der Waals surface area contributed by atoms with Gasteiger partial charge in [0.2, 0.25) is 5.91 Å². The Hall–Kier alpha value is -4.38. The van der Waals surface area contributed by atoms with Gasteiger partial charge in [-0.3, -0.25) is 14.4 Å². The number of carbonyl (C=O) groups is 4. The lowest BCUT2D eigenvalue weighted by Crippen LogP contribution is -2.30. The van der Waals surface area contributed by atoms with Crippen molar-refractivity contribution in [3.05, 3.63) is 117 Å². The minimum Gasteiger partial charge on any atom is -0.462 e. The van der Waals surface area contributed by atoms with Gasteiger partial charge < -0.3 is 20.7 Å². The standard InChI is InChI=1S/C36H34ClN3O5S2/c1-2-45-36(44)32-27-17-7-4-8-19-30(27)47-35(32)40-31(41)22-46-26-16-11-15-25(21-26)38-34(43)29(20-24-14-9-10-18-28(24)37)39-33(42)23-12-5-3-6-13-23/h3,5-6,9-16,18,20-21H,2,4,7-8,17,19,22H2,1H3,(H,38,43)(H,39,42)(H,40,41)/b29-20+. The molecule has 0 unspecified atom stereocenters. The molecule has 3 aromatic carbocycles. The Morgan fingerprint density at radius 1 is 0.915 bits per heavy atom. The van der Waals surface area contributed by atoms with Gasteiger partial charge in [-0.15, -0.1) is 23.1 Å². The van der Waals surface area contributed by atoms with Crippen LogP contribution in [0.1, 0.15) is 62.9 Å². The van der Waals surface area contributed by atoms with Crippen LogP contribution in [0.25, 0.3) is 6.08 Å². The molecule has 1 heterocycles. The zero-order chi connectivity index (χ0) is 33.2. The molecule has 0 spiro atoms. The second-order valence-corrected chi connectivity index (χ2v) is 13.3. The second kappa shape index (κ2) is 16.4. The number of nitrogens with one attached hydrogen (secondary N) is 3. The third-order valence-electron chi connectivity index (χ3n) is 7.35. The van der Waals surface area contributed by atoms with Crippen LogP contribution in [-0.4, -0.2) is 36.1 Å². The molecule has 0 aliphatic heterocycles. The number of halogens is 1. The van der Waals surface area contributed by atoms with Gasteiger partial charge in [-0.25, -0.2) is 4.79 Å². The molecule has 0 atom stereocenters. The highest BCUT2D eigenvalue weighted by atomic mass is 35.5. The van der Waals surface area contributed by atoms with Crippen molar-refractivity contribution in [2.75, 3.05) is 23.0 Å². The van der Waals surface area contributed by atoms with E-state index in [-0.39, 0.29) is 24.0 Å². The topological polar surface area (TPSA) is 114 Å². The molecular formula is C36H34ClN3O5S2. The van der Waals surface area contributed by atoms with Crippen molar-refractivity contribution in [1.82, 2.24) is 5.32 Å². The zero-order valence-electron chi connectivity index (χ0n) is 25.8. The molecule has 3 amide bonds. The summed E-state index contributed by atoms with van der Waals surface area (Å²) in [6.07, 6.45) is 6.39. The highest BCUT2D eigenvalue weighted by Gasteiger charge is 2.26. The fourth-order valence-corrected chi connectivity index (χ4v) is 7.35.